The van der Waals surface area contributed by atoms with E-state index in [1.54, 1.807) is 6.07 Å². The minimum absolute atomic E-state index is 0.0760. The zero-order chi connectivity index (χ0) is 17.1. The van der Waals surface area contributed by atoms with Crippen molar-refractivity contribution in [1.29, 1.82) is 0 Å². The first kappa shape index (κ1) is 17.1. The van der Waals surface area contributed by atoms with Gasteiger partial charge in [0.05, 0.1) is 12.5 Å². The Hall–Kier alpha value is -1.75. The Morgan fingerprint density at radius 3 is 2.92 bits per heavy atom. The van der Waals surface area contributed by atoms with Crippen molar-refractivity contribution in [3.63, 3.8) is 0 Å². The van der Waals surface area contributed by atoms with Crippen molar-refractivity contribution in [2.75, 3.05) is 13.2 Å². The van der Waals surface area contributed by atoms with Gasteiger partial charge in [0.15, 0.2) is 0 Å². The summed E-state index contributed by atoms with van der Waals surface area (Å²) in [5.41, 5.74) is 0.854. The second-order valence-corrected chi connectivity index (χ2v) is 6.93. The second kappa shape index (κ2) is 7.43. The number of rotatable bonds is 7. The maximum absolute atomic E-state index is 12.4. The molecular weight excluding hydrogens is 328 g/mol. The molecule has 1 aliphatic carbocycles. The van der Waals surface area contributed by atoms with Crippen molar-refractivity contribution in [2.45, 2.75) is 45.2 Å². The highest BCUT2D eigenvalue weighted by atomic mass is 35.5. The number of carbonyl (C=O) groups excluding carboxylic acids is 2. The van der Waals surface area contributed by atoms with Crippen LogP contribution in [0.5, 0.6) is 5.75 Å². The molecule has 2 aliphatic rings. The van der Waals surface area contributed by atoms with E-state index in [9.17, 15) is 9.59 Å². The molecule has 1 saturated heterocycles. The minimum Gasteiger partial charge on any atom is -0.493 e. The van der Waals surface area contributed by atoms with Crippen molar-refractivity contribution < 1.29 is 14.3 Å². The number of benzene rings is 1. The lowest BCUT2D eigenvalue weighted by Crippen LogP contribution is -2.33. The number of nitrogens with one attached hydrogen (secondary N) is 1. The number of ether oxygens (including phenoxy) is 1. The lowest BCUT2D eigenvalue weighted by atomic mass is 10.1. The fraction of sp³-hybridized carbons (Fsp3) is 0.556. The van der Waals surface area contributed by atoms with Crippen LogP contribution in [0.4, 0.5) is 0 Å². The molecule has 0 aromatic heterocycles. The fourth-order valence-corrected chi connectivity index (χ4v) is 3.21. The molecule has 6 heteroatoms. The molecule has 1 N–H and O–H groups in total. The first-order valence-electron chi connectivity index (χ1n) is 8.57. The average molecular weight is 351 g/mol. The molecular formula is C18H23ClN2O3. The smallest absolute Gasteiger partial charge is 0.225 e. The molecule has 3 rings (SSSR count). The normalized spacial score (nSPS) is 20.3. The maximum atomic E-state index is 12.4. The third-order valence-electron chi connectivity index (χ3n) is 4.45. The van der Waals surface area contributed by atoms with E-state index in [1.165, 1.54) is 0 Å². The highest BCUT2D eigenvalue weighted by Crippen LogP contribution is 2.32. The molecule has 2 amide bonds. The van der Waals surface area contributed by atoms with E-state index in [0.29, 0.717) is 37.2 Å². The summed E-state index contributed by atoms with van der Waals surface area (Å²) >= 11 is 6.05. The minimum atomic E-state index is -0.253. The van der Waals surface area contributed by atoms with Crippen LogP contribution in [-0.4, -0.2) is 35.9 Å². The van der Waals surface area contributed by atoms with E-state index < -0.39 is 0 Å². The van der Waals surface area contributed by atoms with Crippen molar-refractivity contribution in [3.05, 3.63) is 28.8 Å². The lowest BCUT2D eigenvalue weighted by Gasteiger charge is -2.16. The number of nitrogens with zero attached hydrogens (tertiary/aromatic N) is 1. The summed E-state index contributed by atoms with van der Waals surface area (Å²) in [4.78, 5) is 26.2. The Labute approximate surface area is 147 Å². The number of amides is 2. The first-order chi connectivity index (χ1) is 11.6. The highest BCUT2D eigenvalue weighted by molar-refractivity contribution is 6.30. The Bertz CT molecular complexity index is 631. The molecule has 0 unspecified atom stereocenters. The van der Waals surface area contributed by atoms with E-state index in [2.05, 4.69) is 5.32 Å². The van der Waals surface area contributed by atoms with Gasteiger partial charge in [-0.15, -0.1) is 0 Å². The summed E-state index contributed by atoms with van der Waals surface area (Å²) in [6, 6.07) is 5.79. The third-order valence-corrected chi connectivity index (χ3v) is 4.69. The van der Waals surface area contributed by atoms with Crippen LogP contribution >= 0.6 is 11.6 Å². The van der Waals surface area contributed by atoms with E-state index in [0.717, 1.165) is 30.6 Å². The van der Waals surface area contributed by atoms with Gasteiger partial charge >= 0.3 is 0 Å². The Morgan fingerprint density at radius 1 is 1.42 bits per heavy atom. The SMILES string of the molecule is CCCOc1ccc(Cl)cc1CNC(=O)[C@H]1CC(=O)N(C2CC2)C1. The molecule has 1 heterocycles. The van der Waals surface area contributed by atoms with Gasteiger partial charge in [0, 0.05) is 36.1 Å². The van der Waals surface area contributed by atoms with Gasteiger partial charge in [-0.3, -0.25) is 9.59 Å². The van der Waals surface area contributed by atoms with Gasteiger partial charge in [-0.2, -0.15) is 0 Å². The van der Waals surface area contributed by atoms with E-state index in [-0.39, 0.29) is 17.7 Å². The van der Waals surface area contributed by atoms with Crippen LogP contribution in [0.15, 0.2) is 18.2 Å². The molecule has 24 heavy (non-hydrogen) atoms. The summed E-state index contributed by atoms with van der Waals surface area (Å²) in [5, 5.41) is 3.54. The largest absolute Gasteiger partial charge is 0.493 e. The van der Waals surface area contributed by atoms with Crippen LogP contribution in [-0.2, 0) is 16.1 Å². The molecule has 1 aromatic rings. The monoisotopic (exact) mass is 350 g/mol. The predicted octanol–water partition coefficient (Wildman–Crippen LogP) is 2.76. The molecule has 0 bridgehead atoms. The van der Waals surface area contributed by atoms with E-state index in [4.69, 9.17) is 16.3 Å². The molecule has 130 valence electrons. The van der Waals surface area contributed by atoms with Crippen LogP contribution in [0, 0.1) is 5.92 Å². The second-order valence-electron chi connectivity index (χ2n) is 6.50. The Balaban J connectivity index is 1.58. The van der Waals surface area contributed by atoms with Crippen molar-refractivity contribution in [2.24, 2.45) is 5.92 Å². The Morgan fingerprint density at radius 2 is 2.21 bits per heavy atom. The Kier molecular flexibility index (Phi) is 5.29. The van der Waals surface area contributed by atoms with Gasteiger partial charge < -0.3 is 15.0 Å². The summed E-state index contributed by atoms with van der Waals surface area (Å²) < 4.78 is 5.70. The van der Waals surface area contributed by atoms with Crippen LogP contribution in [0.1, 0.15) is 38.2 Å². The predicted molar refractivity (Wildman–Crippen MR) is 91.9 cm³/mol. The maximum Gasteiger partial charge on any atom is 0.225 e. The molecule has 2 fully saturated rings. The van der Waals surface area contributed by atoms with Crippen LogP contribution in [0.2, 0.25) is 5.02 Å². The van der Waals surface area contributed by atoms with Gasteiger partial charge in [0.25, 0.3) is 0 Å². The summed E-state index contributed by atoms with van der Waals surface area (Å²) in [6.45, 7) is 3.56. The van der Waals surface area contributed by atoms with E-state index in [1.807, 2.05) is 24.0 Å². The molecule has 1 saturated carbocycles. The van der Waals surface area contributed by atoms with E-state index >= 15 is 0 Å². The molecule has 0 radical (unpaired) electrons. The fourth-order valence-electron chi connectivity index (χ4n) is 3.01. The molecule has 5 nitrogen and oxygen atoms in total. The number of hydrogen-bond donors (Lipinski definition) is 1. The topological polar surface area (TPSA) is 58.6 Å². The molecule has 1 aromatic carbocycles. The van der Waals surface area contributed by atoms with Gasteiger partial charge in [-0.05, 0) is 37.5 Å². The van der Waals surface area contributed by atoms with Gasteiger partial charge in [-0.25, -0.2) is 0 Å². The first-order valence-corrected chi connectivity index (χ1v) is 8.94. The standard InChI is InChI=1S/C18H23ClN2O3/c1-2-7-24-16-6-3-14(19)8-12(16)10-20-18(23)13-9-17(22)21(11-13)15-4-5-15/h3,6,8,13,15H,2,4-5,7,9-11H2,1H3,(H,20,23)/t13-/m0/s1. The molecule has 0 spiro atoms. The lowest BCUT2D eigenvalue weighted by molar-refractivity contribution is -0.129. The number of carbonyl (C=O) groups is 2. The number of likely N-dealkylation sites (tertiary alicyclic amines) is 1. The van der Waals surface area contributed by atoms with Crippen molar-refractivity contribution >= 4 is 23.4 Å². The number of hydrogen-bond acceptors (Lipinski definition) is 3. The zero-order valence-electron chi connectivity index (χ0n) is 13.9. The summed E-state index contributed by atoms with van der Waals surface area (Å²) in [7, 11) is 0. The average Bonchev–Trinajstić information content (AvgIpc) is 3.33. The summed E-state index contributed by atoms with van der Waals surface area (Å²) in [5.74, 6) is 0.515. The zero-order valence-corrected chi connectivity index (χ0v) is 14.6. The molecule has 1 aliphatic heterocycles. The quantitative estimate of drug-likeness (QED) is 0.822. The van der Waals surface area contributed by atoms with Gasteiger partial charge in [0.2, 0.25) is 11.8 Å². The highest BCUT2D eigenvalue weighted by Gasteiger charge is 2.41. The van der Waals surface area contributed by atoms with Crippen molar-refractivity contribution in [3.8, 4) is 5.75 Å². The van der Waals surface area contributed by atoms with Gasteiger partial charge in [0.1, 0.15) is 5.75 Å². The van der Waals surface area contributed by atoms with Crippen LogP contribution < -0.4 is 10.1 Å². The number of halogens is 1. The van der Waals surface area contributed by atoms with Crippen LogP contribution in [0.25, 0.3) is 0 Å². The van der Waals surface area contributed by atoms with Crippen LogP contribution in [0.3, 0.4) is 0 Å². The summed E-state index contributed by atoms with van der Waals surface area (Å²) in [6.07, 6.45) is 3.37. The molecule has 1 atom stereocenters. The van der Waals surface area contributed by atoms with Crippen molar-refractivity contribution in [1.82, 2.24) is 10.2 Å². The third kappa shape index (κ3) is 4.01. The van der Waals surface area contributed by atoms with Gasteiger partial charge in [-0.1, -0.05) is 18.5 Å².